The van der Waals surface area contributed by atoms with Crippen molar-refractivity contribution < 1.29 is 25.9 Å². The third-order valence-corrected chi connectivity index (χ3v) is 10.4. The van der Waals surface area contributed by atoms with Crippen LogP contribution in [-0.2, 0) is 25.5 Å². The largest absolute Gasteiger partial charge is 0.500 e. The summed E-state index contributed by atoms with van der Waals surface area (Å²) in [4.78, 5) is 8.99. The molecule has 6 aromatic carbocycles. The summed E-state index contributed by atoms with van der Waals surface area (Å²) in [5.74, 6) is -0.634. The molecule has 0 saturated carbocycles. The fourth-order valence-corrected chi connectivity index (χ4v) is 7.67. The molecule has 0 spiro atoms. The molecule has 10 rings (SSSR count). The number of nitrogens with zero attached hydrogens (tertiary/aromatic N) is 2. The topological polar surface area (TPSA) is 38.9 Å². The minimum atomic E-state index is -0.634. The number of aromatic nitrogens is 2. The summed E-state index contributed by atoms with van der Waals surface area (Å²) >= 11 is 0. The molecular formula is C48H36IrN2O-2. The van der Waals surface area contributed by atoms with Crippen LogP contribution in [0, 0.1) is 12.1 Å². The molecule has 0 amide bonds. The number of furan rings is 1. The van der Waals surface area contributed by atoms with Crippen LogP contribution in [0.1, 0.15) is 51.7 Å². The van der Waals surface area contributed by atoms with Crippen LogP contribution in [0.2, 0.25) is 0 Å². The molecule has 3 nitrogen and oxygen atoms in total. The van der Waals surface area contributed by atoms with Crippen LogP contribution in [0.25, 0.3) is 77.1 Å². The Bertz CT molecular complexity index is 2820. The Hall–Kier alpha value is -5.41. The summed E-state index contributed by atoms with van der Waals surface area (Å²) in [6.07, 6.45) is 3.58. The van der Waals surface area contributed by atoms with E-state index in [0.29, 0.717) is 0 Å². The molecular weight excluding hydrogens is 813 g/mol. The standard InChI is InChI=1S/C26H18NO.C22H18N.Ir/c1-26(2)20-11-4-3-8-18(20)23-21(26)14-13-17-16-9-7-10-19(24(16)28-25(17)23)22-12-5-6-15-27-22;1-15(2)17-11-12-23-22(14-17)19-9-10-21-18(13-19)8-7-16-5-3-4-6-20(16)21;/h3-9,11-15H,1-2H3;3-8,10-15H,1-2H3;/q2*-1;/i;15D;. The smallest absolute Gasteiger partial charge is 0.129 e. The molecule has 0 atom stereocenters. The minimum absolute atomic E-state index is 0. The van der Waals surface area contributed by atoms with Gasteiger partial charge in [0.2, 0.25) is 0 Å². The van der Waals surface area contributed by atoms with E-state index in [1.54, 1.807) is 12.4 Å². The van der Waals surface area contributed by atoms with E-state index in [9.17, 15) is 0 Å². The van der Waals surface area contributed by atoms with Crippen molar-refractivity contribution in [3.8, 4) is 33.6 Å². The summed E-state index contributed by atoms with van der Waals surface area (Å²) in [6, 6.07) is 50.6. The predicted octanol–water partition coefficient (Wildman–Crippen LogP) is 12.7. The first kappa shape index (κ1) is 32.5. The first-order valence-electron chi connectivity index (χ1n) is 17.9. The zero-order chi connectivity index (χ0) is 35.6. The Labute approximate surface area is 319 Å². The molecule has 1 radical (unpaired) electrons. The molecule has 0 aliphatic heterocycles. The van der Waals surface area contributed by atoms with Gasteiger partial charge in [0, 0.05) is 50.2 Å². The average Bonchev–Trinajstić information content (AvgIpc) is 3.67. The van der Waals surface area contributed by atoms with Gasteiger partial charge in [-0.1, -0.05) is 146 Å². The van der Waals surface area contributed by atoms with E-state index in [0.717, 1.165) is 50.0 Å². The number of rotatable bonds is 3. The van der Waals surface area contributed by atoms with E-state index in [1.807, 2.05) is 56.3 Å². The quantitative estimate of drug-likeness (QED) is 0.131. The van der Waals surface area contributed by atoms with Gasteiger partial charge in [0.05, 0.1) is 5.58 Å². The summed E-state index contributed by atoms with van der Waals surface area (Å²) in [5.41, 5.74) is 11.5. The second-order valence-corrected chi connectivity index (χ2v) is 14.0. The third-order valence-electron chi connectivity index (χ3n) is 10.4. The molecule has 1 aliphatic carbocycles. The fraction of sp³-hybridized carbons (Fsp3) is 0.125. The van der Waals surface area contributed by atoms with Crippen LogP contribution >= 0.6 is 0 Å². The van der Waals surface area contributed by atoms with Gasteiger partial charge in [-0.3, -0.25) is 0 Å². The first-order chi connectivity index (χ1) is 25.2. The minimum Gasteiger partial charge on any atom is -0.500 e. The molecule has 4 heteroatoms. The zero-order valence-electron chi connectivity index (χ0n) is 30.4. The molecule has 0 fully saturated rings. The molecule has 9 aromatic rings. The molecule has 0 bridgehead atoms. The van der Waals surface area contributed by atoms with E-state index >= 15 is 0 Å². The fourth-order valence-electron chi connectivity index (χ4n) is 7.67. The van der Waals surface area contributed by atoms with Crippen molar-refractivity contribution in [1.82, 2.24) is 9.97 Å². The van der Waals surface area contributed by atoms with Crippen LogP contribution in [0.4, 0.5) is 0 Å². The molecule has 255 valence electrons. The van der Waals surface area contributed by atoms with Gasteiger partial charge in [0.25, 0.3) is 0 Å². The monoisotopic (exact) mass is 850 g/mol. The first-order valence-corrected chi connectivity index (χ1v) is 17.4. The zero-order valence-corrected chi connectivity index (χ0v) is 31.8. The normalized spacial score (nSPS) is 13.3. The number of pyridine rings is 2. The third kappa shape index (κ3) is 5.55. The maximum absolute atomic E-state index is 8.22. The van der Waals surface area contributed by atoms with Crippen molar-refractivity contribution in [3.63, 3.8) is 0 Å². The second-order valence-electron chi connectivity index (χ2n) is 14.0. The van der Waals surface area contributed by atoms with Crippen LogP contribution in [0.15, 0.2) is 144 Å². The van der Waals surface area contributed by atoms with Gasteiger partial charge in [-0.2, -0.15) is 0 Å². The molecule has 0 unspecified atom stereocenters. The summed E-state index contributed by atoms with van der Waals surface area (Å²) in [5, 5.41) is 7.12. The predicted molar refractivity (Wildman–Crippen MR) is 211 cm³/mol. The Kier molecular flexibility index (Phi) is 8.30. The molecule has 1 aliphatic rings. The van der Waals surface area contributed by atoms with Gasteiger partial charge in [0.1, 0.15) is 5.58 Å². The van der Waals surface area contributed by atoms with Crippen LogP contribution in [-0.4, -0.2) is 9.97 Å². The van der Waals surface area contributed by atoms with Crippen molar-refractivity contribution in [1.29, 1.82) is 0 Å². The Balaban J connectivity index is 0.000000150. The van der Waals surface area contributed by atoms with Crippen molar-refractivity contribution in [2.24, 2.45) is 0 Å². The maximum atomic E-state index is 8.22. The van der Waals surface area contributed by atoms with E-state index in [-0.39, 0.29) is 25.5 Å². The molecule has 0 saturated heterocycles. The maximum Gasteiger partial charge on any atom is 0.129 e. The van der Waals surface area contributed by atoms with Crippen molar-refractivity contribution >= 4 is 43.5 Å². The number of benzene rings is 6. The second kappa shape index (κ2) is 13.3. The van der Waals surface area contributed by atoms with Gasteiger partial charge in [-0.15, -0.1) is 47.3 Å². The molecule has 0 N–H and O–H groups in total. The number of hydrogen-bond donors (Lipinski definition) is 0. The number of hydrogen-bond acceptors (Lipinski definition) is 3. The van der Waals surface area contributed by atoms with Crippen molar-refractivity contribution in [2.75, 3.05) is 0 Å². The van der Waals surface area contributed by atoms with E-state index in [1.165, 1.54) is 43.8 Å². The molecule has 52 heavy (non-hydrogen) atoms. The van der Waals surface area contributed by atoms with Crippen molar-refractivity contribution in [2.45, 2.75) is 39.0 Å². The summed E-state index contributed by atoms with van der Waals surface area (Å²) < 4.78 is 14.8. The van der Waals surface area contributed by atoms with E-state index in [4.69, 9.17) is 5.79 Å². The van der Waals surface area contributed by atoms with E-state index < -0.39 is 5.89 Å². The number of fused-ring (bicyclic) bond motifs is 10. The Morgan fingerprint density at radius 1 is 0.654 bits per heavy atom. The van der Waals surface area contributed by atoms with E-state index in [2.05, 4.69) is 121 Å². The molecule has 3 aromatic heterocycles. The Morgan fingerprint density at radius 2 is 1.42 bits per heavy atom. The van der Waals surface area contributed by atoms with Crippen LogP contribution in [0.3, 0.4) is 0 Å². The summed E-state index contributed by atoms with van der Waals surface area (Å²) in [6.45, 7) is 8.36. The van der Waals surface area contributed by atoms with Gasteiger partial charge in [-0.05, 0) is 51.5 Å². The summed E-state index contributed by atoms with van der Waals surface area (Å²) in [7, 11) is 0. The van der Waals surface area contributed by atoms with Gasteiger partial charge in [0.15, 0.2) is 0 Å². The average molecular weight is 850 g/mol. The van der Waals surface area contributed by atoms with Gasteiger partial charge < -0.3 is 14.4 Å². The van der Waals surface area contributed by atoms with Crippen molar-refractivity contribution in [3.05, 3.63) is 169 Å². The van der Waals surface area contributed by atoms with Crippen LogP contribution in [0.5, 0.6) is 0 Å². The van der Waals surface area contributed by atoms with Gasteiger partial charge >= 0.3 is 0 Å². The molecule has 3 heterocycles. The van der Waals surface area contributed by atoms with Crippen LogP contribution < -0.4 is 0 Å². The SMILES string of the molecule is CC1(C)c2ccccc2-c2c1ccc1c2oc2c(-c3ccccn3)[c-]ccc21.[2H]C(C)(C)c1ccnc(-c2[c-]cc3c(ccc4ccccc43)c2)c1.[Ir]. The van der Waals surface area contributed by atoms with Gasteiger partial charge in [-0.25, -0.2) is 0 Å². The Morgan fingerprint density at radius 3 is 2.27 bits per heavy atom.